The van der Waals surface area contributed by atoms with Crippen LogP contribution in [-0.4, -0.2) is 10.1 Å². The lowest BCUT2D eigenvalue weighted by atomic mass is 10.00. The fraction of sp³-hybridized carbons (Fsp3) is 0.286. The van der Waals surface area contributed by atoms with Crippen molar-refractivity contribution in [3.63, 3.8) is 0 Å². The number of hydrogen-bond acceptors (Lipinski definition) is 5. The molecule has 1 heterocycles. The van der Waals surface area contributed by atoms with E-state index in [1.165, 1.54) is 5.56 Å². The molecule has 0 radical (unpaired) electrons. The standard InChI is InChI=1S/C21H22N4O/c1-14(2)21-24-20(26-25-21)13-23-15(3)17-7-9-18(10-8-17)19-6-4-5-16(11-19)12-22/h4-11,14-15,23H,13H2,1-3H3. The Labute approximate surface area is 153 Å². The Bertz CT molecular complexity index is 906. The monoisotopic (exact) mass is 346 g/mol. The maximum atomic E-state index is 9.04. The van der Waals surface area contributed by atoms with E-state index in [1.807, 2.05) is 38.1 Å². The Morgan fingerprint density at radius 3 is 2.50 bits per heavy atom. The molecule has 0 spiro atoms. The normalized spacial score (nSPS) is 12.1. The van der Waals surface area contributed by atoms with E-state index in [9.17, 15) is 0 Å². The third-order valence-corrected chi connectivity index (χ3v) is 4.30. The molecule has 0 saturated heterocycles. The van der Waals surface area contributed by atoms with E-state index in [1.54, 1.807) is 0 Å². The minimum Gasteiger partial charge on any atom is -0.338 e. The van der Waals surface area contributed by atoms with E-state index < -0.39 is 0 Å². The van der Waals surface area contributed by atoms with Crippen LogP contribution < -0.4 is 5.32 Å². The van der Waals surface area contributed by atoms with Gasteiger partial charge in [-0.1, -0.05) is 55.4 Å². The summed E-state index contributed by atoms with van der Waals surface area (Å²) in [4.78, 5) is 4.38. The van der Waals surface area contributed by atoms with Gasteiger partial charge in [-0.05, 0) is 35.7 Å². The molecule has 0 amide bonds. The van der Waals surface area contributed by atoms with Crippen molar-refractivity contribution in [2.75, 3.05) is 0 Å². The molecule has 0 aliphatic carbocycles. The summed E-state index contributed by atoms with van der Waals surface area (Å²) < 4.78 is 5.26. The molecule has 1 atom stereocenters. The van der Waals surface area contributed by atoms with Gasteiger partial charge >= 0.3 is 0 Å². The number of nitriles is 1. The minimum atomic E-state index is 0.156. The fourth-order valence-corrected chi connectivity index (χ4v) is 2.67. The number of benzene rings is 2. The van der Waals surface area contributed by atoms with Gasteiger partial charge in [-0.3, -0.25) is 0 Å². The topological polar surface area (TPSA) is 74.7 Å². The summed E-state index contributed by atoms with van der Waals surface area (Å²) in [7, 11) is 0. The maximum absolute atomic E-state index is 9.04. The van der Waals surface area contributed by atoms with Crippen LogP contribution in [0.25, 0.3) is 11.1 Å². The molecule has 26 heavy (non-hydrogen) atoms. The van der Waals surface area contributed by atoms with E-state index >= 15 is 0 Å². The third kappa shape index (κ3) is 4.16. The van der Waals surface area contributed by atoms with Crippen LogP contribution in [0.1, 0.15) is 55.6 Å². The molecule has 132 valence electrons. The summed E-state index contributed by atoms with van der Waals surface area (Å²) in [6, 6.07) is 18.3. The molecule has 5 nitrogen and oxygen atoms in total. The Morgan fingerprint density at radius 2 is 1.85 bits per heavy atom. The first kappa shape index (κ1) is 17.8. The number of hydrogen-bond donors (Lipinski definition) is 1. The minimum absolute atomic E-state index is 0.156. The highest BCUT2D eigenvalue weighted by molar-refractivity contribution is 5.65. The zero-order valence-electron chi connectivity index (χ0n) is 15.2. The Balaban J connectivity index is 1.64. The molecule has 3 rings (SSSR count). The highest BCUT2D eigenvalue weighted by atomic mass is 16.5. The summed E-state index contributed by atoms with van der Waals surface area (Å²) >= 11 is 0. The third-order valence-electron chi connectivity index (χ3n) is 4.30. The van der Waals surface area contributed by atoms with Crippen molar-refractivity contribution in [1.29, 1.82) is 5.26 Å². The maximum Gasteiger partial charge on any atom is 0.240 e. The van der Waals surface area contributed by atoms with Gasteiger partial charge in [0.1, 0.15) is 0 Å². The van der Waals surface area contributed by atoms with Crippen molar-refractivity contribution < 1.29 is 4.52 Å². The van der Waals surface area contributed by atoms with Gasteiger partial charge in [0.05, 0.1) is 18.2 Å². The van der Waals surface area contributed by atoms with Crippen LogP contribution in [0.4, 0.5) is 0 Å². The van der Waals surface area contributed by atoms with Gasteiger partial charge in [0.15, 0.2) is 5.82 Å². The van der Waals surface area contributed by atoms with Crippen molar-refractivity contribution in [3.05, 3.63) is 71.4 Å². The number of aromatic nitrogens is 2. The van der Waals surface area contributed by atoms with E-state index in [4.69, 9.17) is 9.78 Å². The Hall–Kier alpha value is -2.97. The van der Waals surface area contributed by atoms with Crippen molar-refractivity contribution in [1.82, 2.24) is 15.5 Å². The lowest BCUT2D eigenvalue weighted by Crippen LogP contribution is -2.18. The van der Waals surface area contributed by atoms with Gasteiger partial charge in [-0.2, -0.15) is 10.2 Å². The van der Waals surface area contributed by atoms with Crippen molar-refractivity contribution >= 4 is 0 Å². The Kier molecular flexibility index (Phi) is 5.45. The van der Waals surface area contributed by atoms with Crippen molar-refractivity contribution in [2.24, 2.45) is 0 Å². The van der Waals surface area contributed by atoms with E-state index in [0.29, 0.717) is 18.0 Å². The average Bonchev–Trinajstić information content (AvgIpc) is 3.16. The molecule has 1 aromatic heterocycles. The first-order chi connectivity index (χ1) is 12.6. The zero-order chi connectivity index (χ0) is 18.5. The van der Waals surface area contributed by atoms with E-state index in [-0.39, 0.29) is 12.0 Å². The predicted molar refractivity (Wildman–Crippen MR) is 100 cm³/mol. The molecule has 5 heteroatoms. The molecular weight excluding hydrogens is 324 g/mol. The Morgan fingerprint density at radius 1 is 1.08 bits per heavy atom. The molecule has 0 aliphatic rings. The highest BCUT2D eigenvalue weighted by Gasteiger charge is 2.11. The van der Waals surface area contributed by atoms with Crippen molar-refractivity contribution in [2.45, 2.75) is 39.3 Å². The van der Waals surface area contributed by atoms with Crippen LogP contribution in [0.5, 0.6) is 0 Å². The van der Waals surface area contributed by atoms with Crippen LogP contribution in [0.15, 0.2) is 53.1 Å². The first-order valence-electron chi connectivity index (χ1n) is 8.73. The summed E-state index contributed by atoms with van der Waals surface area (Å²) in [5.74, 6) is 1.60. The van der Waals surface area contributed by atoms with Crippen LogP contribution >= 0.6 is 0 Å². The second-order valence-electron chi connectivity index (χ2n) is 6.62. The van der Waals surface area contributed by atoms with Crippen LogP contribution in [-0.2, 0) is 6.54 Å². The van der Waals surface area contributed by atoms with Crippen LogP contribution in [0, 0.1) is 11.3 Å². The van der Waals surface area contributed by atoms with Crippen LogP contribution in [0.2, 0.25) is 0 Å². The molecule has 1 N–H and O–H groups in total. The summed E-state index contributed by atoms with van der Waals surface area (Å²) in [6.45, 7) is 6.72. The fourth-order valence-electron chi connectivity index (χ4n) is 2.67. The largest absolute Gasteiger partial charge is 0.338 e. The number of nitrogens with zero attached hydrogens (tertiary/aromatic N) is 3. The van der Waals surface area contributed by atoms with E-state index in [0.717, 1.165) is 17.0 Å². The molecular formula is C21H22N4O. The molecule has 0 saturated carbocycles. The van der Waals surface area contributed by atoms with Crippen LogP contribution in [0.3, 0.4) is 0 Å². The smallest absolute Gasteiger partial charge is 0.240 e. The molecule has 0 fully saturated rings. The van der Waals surface area contributed by atoms with Crippen molar-refractivity contribution in [3.8, 4) is 17.2 Å². The zero-order valence-corrected chi connectivity index (χ0v) is 15.2. The summed E-state index contributed by atoms with van der Waals surface area (Å²) in [5.41, 5.74) is 3.98. The molecule has 0 bridgehead atoms. The lowest BCUT2D eigenvalue weighted by Gasteiger charge is -2.13. The predicted octanol–water partition coefficient (Wildman–Crippen LogP) is 4.58. The summed E-state index contributed by atoms with van der Waals surface area (Å²) in [5, 5.41) is 16.4. The number of rotatable bonds is 6. The van der Waals surface area contributed by atoms with Gasteiger partial charge in [0, 0.05) is 12.0 Å². The SMILES string of the molecule is CC(C)c1noc(CNC(C)c2ccc(-c3cccc(C#N)c3)cc2)n1. The average molecular weight is 346 g/mol. The first-order valence-corrected chi connectivity index (χ1v) is 8.73. The van der Waals surface area contributed by atoms with Gasteiger partial charge in [0.25, 0.3) is 0 Å². The lowest BCUT2D eigenvalue weighted by molar-refractivity contribution is 0.355. The second kappa shape index (κ2) is 7.94. The van der Waals surface area contributed by atoms with Gasteiger partial charge < -0.3 is 9.84 Å². The highest BCUT2D eigenvalue weighted by Crippen LogP contribution is 2.23. The van der Waals surface area contributed by atoms with Gasteiger partial charge in [-0.15, -0.1) is 0 Å². The second-order valence-corrected chi connectivity index (χ2v) is 6.62. The molecule has 0 aliphatic heterocycles. The van der Waals surface area contributed by atoms with Gasteiger partial charge in [0.2, 0.25) is 5.89 Å². The molecule has 3 aromatic rings. The quantitative estimate of drug-likeness (QED) is 0.707. The summed E-state index contributed by atoms with van der Waals surface area (Å²) in [6.07, 6.45) is 0. The van der Waals surface area contributed by atoms with E-state index in [2.05, 4.69) is 52.7 Å². The molecule has 2 aromatic carbocycles. The number of nitrogens with one attached hydrogen (secondary N) is 1. The van der Waals surface area contributed by atoms with Gasteiger partial charge in [-0.25, -0.2) is 0 Å². The molecule has 1 unspecified atom stereocenters.